The summed E-state index contributed by atoms with van der Waals surface area (Å²) < 4.78 is 1.25. The van der Waals surface area contributed by atoms with Crippen LogP contribution in [0.5, 0.6) is 0 Å². The highest BCUT2D eigenvalue weighted by molar-refractivity contribution is 9.11. The molecule has 0 fully saturated rings. The average molecular weight is 255 g/mol. The lowest BCUT2D eigenvalue weighted by Gasteiger charge is -2.28. The number of rotatable bonds is 1. The minimum Gasteiger partial charge on any atom is -0.370 e. The normalized spacial score (nSPS) is 22.7. The maximum atomic E-state index is 3.52. The Bertz CT molecular complexity index is 315. The van der Waals surface area contributed by atoms with Crippen molar-refractivity contribution in [2.75, 3.05) is 26.7 Å². The van der Waals surface area contributed by atoms with Crippen LogP contribution in [0.3, 0.4) is 0 Å². The lowest BCUT2D eigenvalue weighted by atomic mass is 10.0. The van der Waals surface area contributed by atoms with Gasteiger partial charge in [-0.25, -0.2) is 0 Å². The van der Waals surface area contributed by atoms with Gasteiger partial charge in [0.1, 0.15) is 0 Å². The third kappa shape index (κ3) is 2.10. The van der Waals surface area contributed by atoms with E-state index in [-0.39, 0.29) is 0 Å². The number of allylic oxidation sites excluding steroid dienone is 3. The molecule has 14 heavy (non-hydrogen) atoms. The predicted molar refractivity (Wildman–Crippen MR) is 63.3 cm³/mol. The van der Waals surface area contributed by atoms with Crippen LogP contribution in [-0.4, -0.2) is 31.6 Å². The molecule has 0 bridgehead atoms. The van der Waals surface area contributed by atoms with E-state index in [2.05, 4.69) is 51.4 Å². The Hall–Kier alpha value is -0.540. The number of nitrogens with one attached hydrogen (secondary N) is 1. The van der Waals surface area contributed by atoms with E-state index in [9.17, 15) is 0 Å². The highest BCUT2D eigenvalue weighted by Gasteiger charge is 2.15. The summed E-state index contributed by atoms with van der Waals surface area (Å²) in [5.41, 5.74) is 2.84. The number of likely N-dealkylation sites (N-methyl/N-ethyl adjacent to an activating group) is 1. The Labute approximate surface area is 93.5 Å². The Kier molecular flexibility index (Phi) is 3.08. The lowest BCUT2D eigenvalue weighted by Crippen LogP contribution is -2.27. The fraction of sp³-hybridized carbons (Fsp3) is 0.455. The molecule has 0 aliphatic carbocycles. The van der Waals surface area contributed by atoms with Crippen molar-refractivity contribution in [2.45, 2.75) is 6.42 Å². The Morgan fingerprint density at radius 2 is 2.29 bits per heavy atom. The molecule has 2 nitrogen and oxygen atoms in total. The standard InChI is InChI=1S/C11H15BrN2/c1-14-8-10(12)2-3-11(14)9-4-6-13-7-5-9/h2-4,13H,5-8H2,1H3. The summed E-state index contributed by atoms with van der Waals surface area (Å²) in [5.74, 6) is 0. The van der Waals surface area contributed by atoms with Gasteiger partial charge in [0.15, 0.2) is 0 Å². The van der Waals surface area contributed by atoms with Crippen LogP contribution in [0, 0.1) is 0 Å². The van der Waals surface area contributed by atoms with E-state index in [1.54, 1.807) is 0 Å². The summed E-state index contributed by atoms with van der Waals surface area (Å²) in [6, 6.07) is 0. The molecule has 2 rings (SSSR count). The van der Waals surface area contributed by atoms with Crippen LogP contribution >= 0.6 is 15.9 Å². The van der Waals surface area contributed by atoms with E-state index in [1.807, 2.05) is 0 Å². The highest BCUT2D eigenvalue weighted by Crippen LogP contribution is 2.24. The first kappa shape index (κ1) is 9.99. The van der Waals surface area contributed by atoms with Crippen molar-refractivity contribution in [1.29, 1.82) is 0 Å². The average Bonchev–Trinajstić information content (AvgIpc) is 2.19. The van der Waals surface area contributed by atoms with E-state index < -0.39 is 0 Å². The summed E-state index contributed by atoms with van der Waals surface area (Å²) in [6.45, 7) is 3.09. The zero-order valence-corrected chi connectivity index (χ0v) is 9.97. The van der Waals surface area contributed by atoms with Crippen LogP contribution in [0.25, 0.3) is 0 Å². The number of hydrogen-bond acceptors (Lipinski definition) is 2. The number of nitrogens with zero attached hydrogens (tertiary/aromatic N) is 1. The predicted octanol–water partition coefficient (Wildman–Crippen LogP) is 2.01. The molecule has 0 spiro atoms. The van der Waals surface area contributed by atoms with Gasteiger partial charge in [0.25, 0.3) is 0 Å². The second-order valence-corrected chi connectivity index (χ2v) is 4.72. The van der Waals surface area contributed by atoms with E-state index in [1.165, 1.54) is 15.8 Å². The lowest BCUT2D eigenvalue weighted by molar-refractivity contribution is 0.457. The third-order valence-corrected chi connectivity index (χ3v) is 3.13. The van der Waals surface area contributed by atoms with Crippen LogP contribution < -0.4 is 5.32 Å². The largest absolute Gasteiger partial charge is 0.370 e. The van der Waals surface area contributed by atoms with Gasteiger partial charge in [-0.2, -0.15) is 0 Å². The molecule has 0 aromatic carbocycles. The van der Waals surface area contributed by atoms with Crippen molar-refractivity contribution >= 4 is 15.9 Å². The second kappa shape index (κ2) is 4.32. The van der Waals surface area contributed by atoms with Crippen LogP contribution in [0.1, 0.15) is 6.42 Å². The molecular weight excluding hydrogens is 240 g/mol. The molecule has 2 aliphatic rings. The first-order valence-electron chi connectivity index (χ1n) is 4.95. The summed E-state index contributed by atoms with van der Waals surface area (Å²) >= 11 is 3.52. The van der Waals surface area contributed by atoms with Crippen molar-refractivity contribution in [3.8, 4) is 0 Å². The minimum atomic E-state index is 0.983. The molecule has 0 amide bonds. The topological polar surface area (TPSA) is 15.3 Å². The van der Waals surface area contributed by atoms with Gasteiger partial charge < -0.3 is 10.2 Å². The first-order chi connectivity index (χ1) is 6.77. The van der Waals surface area contributed by atoms with Crippen LogP contribution in [-0.2, 0) is 0 Å². The van der Waals surface area contributed by atoms with Gasteiger partial charge in [-0.05, 0) is 30.7 Å². The Morgan fingerprint density at radius 3 is 2.93 bits per heavy atom. The van der Waals surface area contributed by atoms with E-state index in [0.29, 0.717) is 0 Å². The van der Waals surface area contributed by atoms with E-state index in [0.717, 1.165) is 26.1 Å². The van der Waals surface area contributed by atoms with Gasteiger partial charge >= 0.3 is 0 Å². The maximum absolute atomic E-state index is 3.52. The summed E-state index contributed by atoms with van der Waals surface area (Å²) in [7, 11) is 2.14. The van der Waals surface area contributed by atoms with Crippen LogP contribution in [0.4, 0.5) is 0 Å². The SMILES string of the molecule is CN1CC(Br)=CC=C1C1=CCNCC1. The van der Waals surface area contributed by atoms with Gasteiger partial charge in [0.05, 0.1) is 0 Å². The molecule has 0 atom stereocenters. The minimum absolute atomic E-state index is 0.983. The molecule has 0 aromatic heterocycles. The zero-order chi connectivity index (χ0) is 9.97. The maximum Gasteiger partial charge on any atom is 0.0491 e. The molecule has 0 aromatic rings. The van der Waals surface area contributed by atoms with Crippen molar-refractivity contribution in [3.63, 3.8) is 0 Å². The molecule has 0 saturated carbocycles. The fourth-order valence-electron chi connectivity index (χ4n) is 1.87. The molecule has 0 radical (unpaired) electrons. The number of halogens is 1. The molecule has 2 aliphatic heterocycles. The third-order valence-electron chi connectivity index (χ3n) is 2.61. The monoisotopic (exact) mass is 254 g/mol. The smallest absolute Gasteiger partial charge is 0.0491 e. The molecule has 0 saturated heterocycles. The van der Waals surface area contributed by atoms with Crippen LogP contribution in [0.2, 0.25) is 0 Å². The molecule has 3 heteroatoms. The zero-order valence-electron chi connectivity index (χ0n) is 8.39. The second-order valence-electron chi connectivity index (χ2n) is 3.70. The molecule has 2 heterocycles. The fourth-order valence-corrected chi connectivity index (χ4v) is 2.38. The summed E-state index contributed by atoms with van der Waals surface area (Å²) in [4.78, 5) is 2.29. The van der Waals surface area contributed by atoms with Gasteiger partial charge in [-0.1, -0.05) is 22.0 Å². The van der Waals surface area contributed by atoms with Crippen LogP contribution in [0.15, 0.2) is 34.0 Å². The Balaban J connectivity index is 2.20. The van der Waals surface area contributed by atoms with E-state index in [4.69, 9.17) is 0 Å². The number of hydrogen-bond donors (Lipinski definition) is 1. The van der Waals surface area contributed by atoms with Crippen molar-refractivity contribution < 1.29 is 0 Å². The van der Waals surface area contributed by atoms with Crippen molar-refractivity contribution in [3.05, 3.63) is 34.0 Å². The van der Waals surface area contributed by atoms with Gasteiger partial charge in [-0.15, -0.1) is 0 Å². The van der Waals surface area contributed by atoms with Gasteiger partial charge in [0.2, 0.25) is 0 Å². The first-order valence-corrected chi connectivity index (χ1v) is 5.74. The van der Waals surface area contributed by atoms with Gasteiger partial charge in [0, 0.05) is 30.3 Å². The van der Waals surface area contributed by atoms with Crippen molar-refractivity contribution in [2.24, 2.45) is 0 Å². The quantitative estimate of drug-likeness (QED) is 0.771. The van der Waals surface area contributed by atoms with Crippen molar-refractivity contribution in [1.82, 2.24) is 10.2 Å². The molecule has 1 N–H and O–H groups in total. The molecular formula is C11H15BrN2. The van der Waals surface area contributed by atoms with E-state index >= 15 is 0 Å². The molecule has 0 unspecified atom stereocenters. The highest BCUT2D eigenvalue weighted by atomic mass is 79.9. The summed E-state index contributed by atoms with van der Waals surface area (Å²) in [6.07, 6.45) is 7.78. The van der Waals surface area contributed by atoms with Gasteiger partial charge in [-0.3, -0.25) is 0 Å². The molecule has 76 valence electrons. The summed E-state index contributed by atoms with van der Waals surface area (Å²) in [5, 5.41) is 3.33. The Morgan fingerprint density at radius 1 is 1.43 bits per heavy atom.